The average Bonchev–Trinajstić information content (AvgIpc) is 3.61. The lowest BCUT2D eigenvalue weighted by Gasteiger charge is -2.26. The predicted octanol–water partition coefficient (Wildman–Crippen LogP) is 4.63. The zero-order chi connectivity index (χ0) is 26.7. The van der Waals surface area contributed by atoms with Crippen molar-refractivity contribution in [2.45, 2.75) is 77.6 Å². The molecule has 2 atom stereocenters. The van der Waals surface area contributed by atoms with Crippen molar-refractivity contribution < 1.29 is 32.3 Å². The minimum absolute atomic E-state index is 0.101. The number of hydrogen-bond acceptors (Lipinski definition) is 4. The van der Waals surface area contributed by atoms with E-state index in [0.29, 0.717) is 24.8 Å². The van der Waals surface area contributed by atoms with Crippen molar-refractivity contribution in [2.24, 2.45) is 5.92 Å². The van der Waals surface area contributed by atoms with Gasteiger partial charge in [-0.15, -0.1) is 0 Å². The van der Waals surface area contributed by atoms with Crippen molar-refractivity contribution in [3.63, 3.8) is 0 Å². The third kappa shape index (κ3) is 6.70. The van der Waals surface area contributed by atoms with Gasteiger partial charge in [0.1, 0.15) is 18.5 Å². The molecule has 0 unspecified atom stereocenters. The van der Waals surface area contributed by atoms with Gasteiger partial charge in [0.25, 0.3) is 0 Å². The standard InChI is InChI=1S/C28H31F3N2O4/c1-16-4-3-5-19(17(16)2)15-37-28(36)24(10-18-6-7-18)32-25(34)13-22-8-9-26(35)33(22)14-20-11-21(29)12-23(30)27(20)31/h3-5,11-12,18,22,24H,6-10,13-15H2,1-2H3,(H,32,34)/t22-,24-/m0/s1. The first-order chi connectivity index (χ1) is 17.6. The Morgan fingerprint density at radius 3 is 2.59 bits per heavy atom. The van der Waals surface area contributed by atoms with Crippen LogP contribution in [0.2, 0.25) is 0 Å². The molecule has 2 amide bonds. The van der Waals surface area contributed by atoms with E-state index in [0.717, 1.165) is 35.6 Å². The van der Waals surface area contributed by atoms with Crippen molar-refractivity contribution >= 4 is 17.8 Å². The minimum atomic E-state index is -1.33. The van der Waals surface area contributed by atoms with E-state index in [2.05, 4.69) is 5.32 Å². The molecular formula is C28H31F3N2O4. The Kier molecular flexibility index (Phi) is 8.19. The summed E-state index contributed by atoms with van der Waals surface area (Å²) in [6.07, 6.45) is 2.81. The highest BCUT2D eigenvalue weighted by atomic mass is 19.2. The summed E-state index contributed by atoms with van der Waals surface area (Å²) >= 11 is 0. The van der Waals surface area contributed by atoms with Crippen LogP contribution in [0.4, 0.5) is 13.2 Å². The Hall–Kier alpha value is -3.36. The van der Waals surface area contributed by atoms with Crippen LogP contribution in [0.5, 0.6) is 0 Å². The lowest BCUT2D eigenvalue weighted by molar-refractivity contribution is -0.149. The number of nitrogens with one attached hydrogen (secondary N) is 1. The molecule has 2 aromatic carbocycles. The van der Waals surface area contributed by atoms with Crippen LogP contribution in [0.15, 0.2) is 30.3 Å². The van der Waals surface area contributed by atoms with E-state index >= 15 is 0 Å². The minimum Gasteiger partial charge on any atom is -0.459 e. The molecular weight excluding hydrogens is 485 g/mol. The Morgan fingerprint density at radius 2 is 1.86 bits per heavy atom. The van der Waals surface area contributed by atoms with Crippen molar-refractivity contribution in [3.8, 4) is 0 Å². The third-order valence-electron chi connectivity index (χ3n) is 7.26. The van der Waals surface area contributed by atoms with Crippen LogP contribution >= 0.6 is 0 Å². The molecule has 2 aromatic rings. The second-order valence-electron chi connectivity index (χ2n) is 10.0. The molecule has 0 radical (unpaired) electrons. The van der Waals surface area contributed by atoms with E-state index in [1.54, 1.807) is 0 Å². The highest BCUT2D eigenvalue weighted by molar-refractivity contribution is 5.86. The smallest absolute Gasteiger partial charge is 0.328 e. The van der Waals surface area contributed by atoms with Crippen LogP contribution in [0.25, 0.3) is 0 Å². The number of carbonyl (C=O) groups is 3. The summed E-state index contributed by atoms with van der Waals surface area (Å²) in [4.78, 5) is 39.5. The van der Waals surface area contributed by atoms with E-state index in [9.17, 15) is 27.6 Å². The molecule has 4 rings (SSSR count). The lowest BCUT2D eigenvalue weighted by atomic mass is 10.0. The molecule has 0 bridgehead atoms. The number of benzene rings is 2. The molecule has 1 aliphatic carbocycles. The number of carbonyl (C=O) groups excluding carboxylic acids is 3. The van der Waals surface area contributed by atoms with Crippen molar-refractivity contribution in [1.29, 1.82) is 0 Å². The van der Waals surface area contributed by atoms with Gasteiger partial charge in [-0.25, -0.2) is 18.0 Å². The Morgan fingerprint density at radius 1 is 1.11 bits per heavy atom. The van der Waals surface area contributed by atoms with Gasteiger partial charge < -0.3 is 15.0 Å². The van der Waals surface area contributed by atoms with Gasteiger partial charge in [0.2, 0.25) is 11.8 Å². The third-order valence-corrected chi connectivity index (χ3v) is 7.26. The molecule has 1 saturated carbocycles. The van der Waals surface area contributed by atoms with E-state index in [-0.39, 0.29) is 37.5 Å². The van der Waals surface area contributed by atoms with Gasteiger partial charge in [-0.3, -0.25) is 9.59 Å². The maximum Gasteiger partial charge on any atom is 0.328 e. The van der Waals surface area contributed by atoms with Crippen molar-refractivity contribution in [3.05, 3.63) is 70.0 Å². The zero-order valence-corrected chi connectivity index (χ0v) is 21.0. The molecule has 198 valence electrons. The van der Waals surface area contributed by atoms with Crippen LogP contribution in [0.3, 0.4) is 0 Å². The molecule has 0 spiro atoms. The van der Waals surface area contributed by atoms with Gasteiger partial charge in [0.15, 0.2) is 11.6 Å². The van der Waals surface area contributed by atoms with Crippen LogP contribution in [-0.2, 0) is 32.3 Å². The topological polar surface area (TPSA) is 75.7 Å². The van der Waals surface area contributed by atoms with Gasteiger partial charge in [0.05, 0.1) is 0 Å². The normalized spacial score (nSPS) is 18.1. The summed E-state index contributed by atoms with van der Waals surface area (Å²) in [5, 5.41) is 2.76. The highest BCUT2D eigenvalue weighted by Gasteiger charge is 2.36. The molecule has 1 saturated heterocycles. The predicted molar refractivity (Wildman–Crippen MR) is 129 cm³/mol. The summed E-state index contributed by atoms with van der Waals surface area (Å²) < 4.78 is 47.0. The van der Waals surface area contributed by atoms with Gasteiger partial charge in [-0.2, -0.15) is 0 Å². The van der Waals surface area contributed by atoms with Crippen LogP contribution < -0.4 is 5.32 Å². The molecule has 9 heteroatoms. The Balaban J connectivity index is 1.38. The average molecular weight is 517 g/mol. The molecule has 0 aromatic heterocycles. The van der Waals surface area contributed by atoms with Crippen molar-refractivity contribution in [1.82, 2.24) is 10.2 Å². The van der Waals surface area contributed by atoms with E-state index in [4.69, 9.17) is 4.74 Å². The quantitative estimate of drug-likeness (QED) is 0.369. The maximum atomic E-state index is 14.2. The molecule has 2 fully saturated rings. The van der Waals surface area contributed by atoms with Crippen LogP contribution in [-0.4, -0.2) is 34.8 Å². The van der Waals surface area contributed by atoms with E-state index in [1.165, 1.54) is 4.90 Å². The van der Waals surface area contributed by atoms with Gasteiger partial charge >= 0.3 is 5.97 Å². The second kappa shape index (κ2) is 11.4. The second-order valence-corrected chi connectivity index (χ2v) is 10.0. The monoisotopic (exact) mass is 516 g/mol. The number of amides is 2. The number of likely N-dealkylation sites (tertiary alicyclic amines) is 1. The number of ether oxygens (including phenoxy) is 1. The Bertz CT molecular complexity index is 1200. The molecule has 37 heavy (non-hydrogen) atoms. The molecule has 2 aliphatic rings. The SMILES string of the molecule is Cc1cccc(COC(=O)[C@H](CC2CC2)NC(=O)C[C@@H]2CCC(=O)N2Cc2cc(F)cc(F)c2F)c1C. The first-order valence-electron chi connectivity index (χ1n) is 12.6. The first kappa shape index (κ1) is 26.7. The zero-order valence-electron chi connectivity index (χ0n) is 21.0. The molecule has 1 aliphatic heterocycles. The van der Waals surface area contributed by atoms with Crippen molar-refractivity contribution in [2.75, 3.05) is 0 Å². The number of nitrogens with zero attached hydrogens (tertiary/aromatic N) is 1. The first-order valence-corrected chi connectivity index (χ1v) is 12.6. The lowest BCUT2D eigenvalue weighted by Crippen LogP contribution is -2.44. The van der Waals surface area contributed by atoms with Gasteiger partial charge in [-0.05, 0) is 55.4 Å². The summed E-state index contributed by atoms with van der Waals surface area (Å²) in [5.41, 5.74) is 2.73. The summed E-state index contributed by atoms with van der Waals surface area (Å²) in [7, 11) is 0. The fourth-order valence-electron chi connectivity index (χ4n) is 4.72. The fourth-order valence-corrected chi connectivity index (χ4v) is 4.72. The van der Waals surface area contributed by atoms with Gasteiger partial charge in [0, 0.05) is 37.1 Å². The Labute approximate surface area is 214 Å². The number of aryl methyl sites for hydroxylation is 1. The number of hydrogen-bond donors (Lipinski definition) is 1. The number of halogens is 3. The maximum absolute atomic E-state index is 14.2. The van der Waals surface area contributed by atoms with Gasteiger partial charge in [-0.1, -0.05) is 31.0 Å². The molecule has 1 N–H and O–H groups in total. The summed E-state index contributed by atoms with van der Waals surface area (Å²) in [5.74, 6) is -4.45. The van der Waals surface area contributed by atoms with E-state index < -0.39 is 41.4 Å². The highest BCUT2D eigenvalue weighted by Crippen LogP contribution is 2.34. The number of esters is 1. The summed E-state index contributed by atoms with van der Waals surface area (Å²) in [6.45, 7) is 3.69. The van der Waals surface area contributed by atoms with E-state index in [1.807, 2.05) is 32.0 Å². The van der Waals surface area contributed by atoms with Crippen LogP contribution in [0.1, 0.15) is 60.8 Å². The largest absolute Gasteiger partial charge is 0.459 e. The fraction of sp³-hybridized carbons (Fsp3) is 0.464. The number of rotatable bonds is 10. The summed E-state index contributed by atoms with van der Waals surface area (Å²) in [6, 6.07) is 5.66. The molecule has 1 heterocycles. The van der Waals surface area contributed by atoms with Crippen LogP contribution in [0, 0.1) is 37.2 Å². The molecule has 6 nitrogen and oxygen atoms in total.